The van der Waals surface area contributed by atoms with Crippen LogP contribution in [-0.4, -0.2) is 47.9 Å². The maximum absolute atomic E-state index is 11.3. The highest BCUT2D eigenvalue weighted by atomic mass is 35.5. The van der Waals surface area contributed by atoms with E-state index in [0.717, 1.165) is 36.4 Å². The van der Waals surface area contributed by atoms with Crippen LogP contribution < -0.4 is 4.90 Å². The molecular weight excluding hydrogens is 446 g/mol. The van der Waals surface area contributed by atoms with E-state index < -0.39 is 5.60 Å². The van der Waals surface area contributed by atoms with Crippen molar-refractivity contribution >= 4 is 23.0 Å². The fourth-order valence-corrected chi connectivity index (χ4v) is 4.79. The lowest BCUT2D eigenvalue weighted by molar-refractivity contribution is 0.0103. The predicted molar refractivity (Wildman–Crippen MR) is 137 cm³/mol. The first-order valence-corrected chi connectivity index (χ1v) is 11.9. The molecule has 0 amide bonds. The number of nitrogens with zero attached hydrogens (tertiary/aromatic N) is 3. The Morgan fingerprint density at radius 3 is 2.29 bits per heavy atom. The molecule has 176 valence electrons. The van der Waals surface area contributed by atoms with Gasteiger partial charge >= 0.3 is 0 Å². The van der Waals surface area contributed by atoms with Crippen LogP contribution in [0, 0.1) is 6.57 Å². The van der Waals surface area contributed by atoms with Crippen molar-refractivity contribution in [3.63, 3.8) is 0 Å². The quantitative estimate of drug-likeness (QED) is 0.461. The van der Waals surface area contributed by atoms with Crippen LogP contribution in [0.4, 0.5) is 11.4 Å². The van der Waals surface area contributed by atoms with Crippen molar-refractivity contribution in [3.05, 3.63) is 106 Å². The zero-order valence-corrected chi connectivity index (χ0v) is 20.1. The summed E-state index contributed by atoms with van der Waals surface area (Å²) in [4.78, 5) is 8.15. The SMILES string of the molecule is [C-]#[N+]c1ccc([C@](C)(O)CN2CCN(c3ccc(CCO)cc3)[C@H](c3ccc(Cl)cc3)C2)cc1. The largest absolute Gasteiger partial charge is 0.396 e. The van der Waals surface area contributed by atoms with E-state index in [1.807, 2.05) is 31.2 Å². The number of aliphatic hydroxyl groups is 2. The molecule has 0 radical (unpaired) electrons. The average Bonchev–Trinajstić information content (AvgIpc) is 2.85. The highest BCUT2D eigenvalue weighted by Gasteiger charge is 2.33. The number of benzene rings is 3. The van der Waals surface area contributed by atoms with E-state index in [4.69, 9.17) is 18.2 Å². The van der Waals surface area contributed by atoms with Crippen molar-refractivity contribution in [1.82, 2.24) is 4.90 Å². The molecule has 0 aliphatic carbocycles. The topological polar surface area (TPSA) is 51.3 Å². The van der Waals surface area contributed by atoms with E-state index in [9.17, 15) is 10.2 Å². The van der Waals surface area contributed by atoms with Gasteiger partial charge in [0, 0.05) is 43.5 Å². The average molecular weight is 476 g/mol. The molecule has 2 atom stereocenters. The van der Waals surface area contributed by atoms with Crippen molar-refractivity contribution in [2.24, 2.45) is 0 Å². The Labute approximate surface area is 206 Å². The second-order valence-corrected chi connectivity index (χ2v) is 9.50. The van der Waals surface area contributed by atoms with Gasteiger partial charge in [-0.1, -0.05) is 60.1 Å². The molecule has 0 aromatic heterocycles. The van der Waals surface area contributed by atoms with Gasteiger partial charge in [0.1, 0.15) is 0 Å². The Kier molecular flexibility index (Phi) is 7.55. The van der Waals surface area contributed by atoms with Gasteiger partial charge in [-0.3, -0.25) is 4.90 Å². The second kappa shape index (κ2) is 10.6. The molecule has 0 unspecified atom stereocenters. The minimum Gasteiger partial charge on any atom is -0.396 e. The van der Waals surface area contributed by atoms with E-state index in [2.05, 4.69) is 51.0 Å². The molecule has 0 bridgehead atoms. The summed E-state index contributed by atoms with van der Waals surface area (Å²) in [5.74, 6) is 0. The van der Waals surface area contributed by atoms with Crippen molar-refractivity contribution < 1.29 is 10.2 Å². The Morgan fingerprint density at radius 2 is 1.68 bits per heavy atom. The number of hydrogen-bond donors (Lipinski definition) is 2. The van der Waals surface area contributed by atoms with Crippen LogP contribution in [0.3, 0.4) is 0 Å². The smallest absolute Gasteiger partial charge is 0.187 e. The van der Waals surface area contributed by atoms with Gasteiger partial charge in [-0.2, -0.15) is 0 Å². The van der Waals surface area contributed by atoms with Gasteiger partial charge in [0.15, 0.2) is 5.69 Å². The van der Waals surface area contributed by atoms with Crippen LogP contribution in [0.1, 0.15) is 29.7 Å². The van der Waals surface area contributed by atoms with Crippen LogP contribution >= 0.6 is 11.6 Å². The maximum atomic E-state index is 11.3. The minimum atomic E-state index is -1.03. The molecule has 3 aromatic rings. The lowest BCUT2D eigenvalue weighted by Gasteiger charge is -2.45. The number of aliphatic hydroxyl groups excluding tert-OH is 1. The molecule has 1 aliphatic heterocycles. The summed E-state index contributed by atoms with van der Waals surface area (Å²) in [6, 6.07) is 23.7. The third-order valence-corrected chi connectivity index (χ3v) is 6.79. The van der Waals surface area contributed by atoms with Crippen LogP contribution in [0.25, 0.3) is 4.85 Å². The van der Waals surface area contributed by atoms with Crippen molar-refractivity contribution in [3.8, 4) is 0 Å². The zero-order chi connectivity index (χ0) is 24.1. The van der Waals surface area contributed by atoms with E-state index in [1.165, 1.54) is 5.56 Å². The predicted octanol–water partition coefficient (Wildman–Crippen LogP) is 5.20. The third kappa shape index (κ3) is 5.60. The first-order valence-electron chi connectivity index (χ1n) is 11.5. The second-order valence-electron chi connectivity index (χ2n) is 9.07. The summed E-state index contributed by atoms with van der Waals surface area (Å²) in [5, 5.41) is 21.2. The molecule has 34 heavy (non-hydrogen) atoms. The number of hydrogen-bond acceptors (Lipinski definition) is 4. The summed E-state index contributed by atoms with van der Waals surface area (Å²) >= 11 is 6.16. The van der Waals surface area contributed by atoms with Crippen LogP contribution in [0.15, 0.2) is 72.8 Å². The summed E-state index contributed by atoms with van der Waals surface area (Å²) in [7, 11) is 0. The Hall–Kier alpha value is -2.88. The molecule has 4 rings (SSSR count). The molecular formula is C28H30ClN3O2. The summed E-state index contributed by atoms with van der Waals surface area (Å²) < 4.78 is 0. The van der Waals surface area contributed by atoms with Crippen molar-refractivity contribution in [2.45, 2.75) is 25.0 Å². The summed E-state index contributed by atoms with van der Waals surface area (Å²) in [6.45, 7) is 12.0. The van der Waals surface area contributed by atoms with Gasteiger partial charge in [0.05, 0.1) is 18.2 Å². The van der Waals surface area contributed by atoms with Crippen LogP contribution in [0.2, 0.25) is 5.02 Å². The fraction of sp³-hybridized carbons (Fsp3) is 0.321. The van der Waals surface area contributed by atoms with Gasteiger partial charge < -0.3 is 15.1 Å². The number of rotatable bonds is 7. The zero-order valence-electron chi connectivity index (χ0n) is 19.4. The van der Waals surface area contributed by atoms with Gasteiger partial charge in [0.25, 0.3) is 0 Å². The van der Waals surface area contributed by atoms with Gasteiger partial charge in [0.2, 0.25) is 0 Å². The number of halogens is 1. The van der Waals surface area contributed by atoms with Gasteiger partial charge in [-0.05, 0) is 54.3 Å². The first kappa shape index (κ1) is 24.3. The van der Waals surface area contributed by atoms with E-state index in [0.29, 0.717) is 23.7 Å². The molecule has 0 spiro atoms. The van der Waals surface area contributed by atoms with Crippen LogP contribution in [0.5, 0.6) is 0 Å². The highest BCUT2D eigenvalue weighted by molar-refractivity contribution is 6.30. The number of β-amino-alcohol motifs (C(OH)–C–C–N with tert-alkyl or cyclic N) is 1. The first-order chi connectivity index (χ1) is 16.4. The molecule has 1 heterocycles. The Morgan fingerprint density at radius 1 is 1.00 bits per heavy atom. The molecule has 0 saturated carbocycles. The molecule has 1 fully saturated rings. The van der Waals surface area contributed by atoms with Crippen molar-refractivity contribution in [2.75, 3.05) is 37.7 Å². The monoisotopic (exact) mass is 475 g/mol. The fourth-order valence-electron chi connectivity index (χ4n) is 4.67. The lowest BCUT2D eigenvalue weighted by atomic mass is 9.93. The van der Waals surface area contributed by atoms with E-state index in [-0.39, 0.29) is 12.6 Å². The highest BCUT2D eigenvalue weighted by Crippen LogP contribution is 2.33. The summed E-state index contributed by atoms with van der Waals surface area (Å²) in [6.07, 6.45) is 0.653. The molecule has 1 aliphatic rings. The Balaban J connectivity index is 1.56. The van der Waals surface area contributed by atoms with Gasteiger partial charge in [-0.15, -0.1) is 0 Å². The maximum Gasteiger partial charge on any atom is 0.187 e. The lowest BCUT2D eigenvalue weighted by Crippen LogP contribution is -2.52. The van der Waals surface area contributed by atoms with Crippen LogP contribution in [-0.2, 0) is 12.0 Å². The normalized spacial score (nSPS) is 18.3. The minimum absolute atomic E-state index is 0.106. The standard InChI is InChI=1S/C28H30ClN3O2/c1-28(34,23-7-11-25(30-2)12-8-23)20-31-16-17-32(26-13-3-21(4-14-26)15-18-33)27(19-31)22-5-9-24(29)10-6-22/h3-14,27,33-34H,15-20H2,1H3/t27-,28+/m0/s1. The molecule has 2 N–H and O–H groups in total. The van der Waals surface area contributed by atoms with E-state index >= 15 is 0 Å². The van der Waals surface area contributed by atoms with Crippen molar-refractivity contribution in [1.29, 1.82) is 0 Å². The summed E-state index contributed by atoms with van der Waals surface area (Å²) in [5.41, 5.74) is 3.79. The third-order valence-electron chi connectivity index (χ3n) is 6.54. The number of piperazine rings is 1. The molecule has 3 aromatic carbocycles. The number of anilines is 1. The Bertz CT molecular complexity index is 1120. The molecule has 5 nitrogen and oxygen atoms in total. The van der Waals surface area contributed by atoms with Gasteiger partial charge in [-0.25, -0.2) is 4.85 Å². The molecule has 1 saturated heterocycles. The molecule has 6 heteroatoms. The van der Waals surface area contributed by atoms with E-state index in [1.54, 1.807) is 12.1 Å².